The fourth-order valence-electron chi connectivity index (χ4n) is 1.44. The van der Waals surface area contributed by atoms with E-state index in [1.807, 2.05) is 20.8 Å². The zero-order valence-electron chi connectivity index (χ0n) is 11.2. The second-order valence-corrected chi connectivity index (χ2v) is 4.70. The third kappa shape index (κ3) is 5.47. The highest BCUT2D eigenvalue weighted by molar-refractivity contribution is 5.29. The lowest BCUT2D eigenvalue weighted by Crippen LogP contribution is -2.22. The van der Waals surface area contributed by atoms with Crippen LogP contribution in [0, 0.1) is 5.82 Å². The van der Waals surface area contributed by atoms with E-state index < -0.39 is 6.10 Å². The molecular formula is C14H22FNO2. The molecule has 0 fully saturated rings. The van der Waals surface area contributed by atoms with Crippen molar-refractivity contribution in [2.24, 2.45) is 0 Å². The van der Waals surface area contributed by atoms with Crippen molar-refractivity contribution in [3.8, 4) is 5.75 Å². The van der Waals surface area contributed by atoms with Crippen molar-refractivity contribution in [2.45, 2.75) is 45.9 Å². The van der Waals surface area contributed by atoms with Crippen LogP contribution in [0.4, 0.5) is 4.39 Å². The van der Waals surface area contributed by atoms with Gasteiger partial charge in [-0.05, 0) is 24.1 Å². The molecule has 0 radical (unpaired) electrons. The van der Waals surface area contributed by atoms with Gasteiger partial charge in [0.2, 0.25) is 0 Å². The summed E-state index contributed by atoms with van der Waals surface area (Å²) in [6, 6.07) is 4.96. The second-order valence-electron chi connectivity index (χ2n) is 4.70. The van der Waals surface area contributed by atoms with E-state index in [0.717, 1.165) is 5.56 Å². The van der Waals surface area contributed by atoms with E-state index in [4.69, 9.17) is 4.74 Å². The molecule has 0 aliphatic heterocycles. The molecule has 1 atom stereocenters. The van der Waals surface area contributed by atoms with Gasteiger partial charge in [-0.1, -0.05) is 20.8 Å². The SMILES string of the molecule is CCC(O)COc1cc(F)cc(CNC(C)C)c1. The van der Waals surface area contributed by atoms with Crippen molar-refractivity contribution in [1.82, 2.24) is 5.32 Å². The van der Waals surface area contributed by atoms with Gasteiger partial charge in [-0.25, -0.2) is 4.39 Å². The van der Waals surface area contributed by atoms with Gasteiger partial charge >= 0.3 is 0 Å². The average molecular weight is 255 g/mol. The highest BCUT2D eigenvalue weighted by Gasteiger charge is 2.05. The Morgan fingerprint density at radius 3 is 2.67 bits per heavy atom. The van der Waals surface area contributed by atoms with Gasteiger partial charge in [0.15, 0.2) is 0 Å². The Balaban J connectivity index is 2.62. The quantitative estimate of drug-likeness (QED) is 0.786. The Hall–Kier alpha value is -1.13. The summed E-state index contributed by atoms with van der Waals surface area (Å²) in [5.41, 5.74) is 0.838. The molecule has 1 rings (SSSR count). The summed E-state index contributed by atoms with van der Waals surface area (Å²) in [5, 5.41) is 12.6. The predicted molar refractivity (Wildman–Crippen MR) is 70.2 cm³/mol. The van der Waals surface area contributed by atoms with Crippen LogP contribution in [-0.4, -0.2) is 23.9 Å². The number of rotatable bonds is 7. The van der Waals surface area contributed by atoms with Crippen LogP contribution in [0.1, 0.15) is 32.8 Å². The molecule has 4 heteroatoms. The number of ether oxygens (including phenoxy) is 1. The largest absolute Gasteiger partial charge is 0.491 e. The minimum Gasteiger partial charge on any atom is -0.491 e. The summed E-state index contributed by atoms with van der Waals surface area (Å²) in [6.45, 7) is 6.74. The number of halogens is 1. The van der Waals surface area contributed by atoms with Crippen LogP contribution >= 0.6 is 0 Å². The van der Waals surface area contributed by atoms with Crippen LogP contribution in [0.2, 0.25) is 0 Å². The smallest absolute Gasteiger partial charge is 0.127 e. The van der Waals surface area contributed by atoms with E-state index in [0.29, 0.717) is 24.8 Å². The lowest BCUT2D eigenvalue weighted by atomic mass is 10.2. The van der Waals surface area contributed by atoms with Gasteiger partial charge in [-0.2, -0.15) is 0 Å². The number of benzene rings is 1. The third-order valence-corrected chi connectivity index (χ3v) is 2.56. The fraction of sp³-hybridized carbons (Fsp3) is 0.571. The molecule has 0 saturated heterocycles. The first-order valence-electron chi connectivity index (χ1n) is 6.35. The van der Waals surface area contributed by atoms with Crippen molar-refractivity contribution >= 4 is 0 Å². The first-order valence-corrected chi connectivity index (χ1v) is 6.35. The first-order chi connectivity index (χ1) is 8.51. The van der Waals surface area contributed by atoms with E-state index in [-0.39, 0.29) is 12.4 Å². The number of hydrogen-bond donors (Lipinski definition) is 2. The number of hydrogen-bond acceptors (Lipinski definition) is 3. The second kappa shape index (κ2) is 7.34. The Morgan fingerprint density at radius 1 is 1.33 bits per heavy atom. The van der Waals surface area contributed by atoms with Crippen LogP contribution in [0.25, 0.3) is 0 Å². The molecule has 0 heterocycles. The summed E-state index contributed by atoms with van der Waals surface area (Å²) in [5.74, 6) is 0.141. The maximum absolute atomic E-state index is 13.4. The standard InChI is InChI=1S/C14H22FNO2/c1-4-13(17)9-18-14-6-11(5-12(15)7-14)8-16-10(2)3/h5-7,10,13,16-17H,4,8-9H2,1-3H3. The molecule has 0 aromatic heterocycles. The summed E-state index contributed by atoms with van der Waals surface area (Å²) in [7, 11) is 0. The third-order valence-electron chi connectivity index (χ3n) is 2.56. The van der Waals surface area contributed by atoms with Crippen molar-refractivity contribution in [1.29, 1.82) is 0 Å². The van der Waals surface area contributed by atoms with Crippen molar-refractivity contribution in [2.75, 3.05) is 6.61 Å². The minimum atomic E-state index is -0.509. The Kier molecular flexibility index (Phi) is 6.09. The van der Waals surface area contributed by atoms with E-state index in [1.165, 1.54) is 12.1 Å². The molecule has 0 bridgehead atoms. The molecule has 1 aromatic rings. The van der Waals surface area contributed by atoms with Gasteiger partial charge in [0, 0.05) is 18.7 Å². The van der Waals surface area contributed by atoms with Crippen LogP contribution in [0.5, 0.6) is 5.75 Å². The minimum absolute atomic E-state index is 0.191. The molecule has 0 aliphatic carbocycles. The van der Waals surface area contributed by atoms with Crippen LogP contribution in [-0.2, 0) is 6.54 Å². The molecule has 0 saturated carbocycles. The topological polar surface area (TPSA) is 41.5 Å². The first kappa shape index (κ1) is 14.9. The molecule has 1 unspecified atom stereocenters. The van der Waals surface area contributed by atoms with Crippen molar-refractivity contribution in [3.05, 3.63) is 29.6 Å². The van der Waals surface area contributed by atoms with Gasteiger partial charge < -0.3 is 15.2 Å². The monoisotopic (exact) mass is 255 g/mol. The summed E-state index contributed by atoms with van der Waals surface area (Å²) < 4.78 is 18.8. The lowest BCUT2D eigenvalue weighted by molar-refractivity contribution is 0.104. The van der Waals surface area contributed by atoms with Gasteiger partial charge in [0.1, 0.15) is 18.2 Å². The normalized spacial score (nSPS) is 12.8. The molecule has 0 amide bonds. The maximum Gasteiger partial charge on any atom is 0.127 e. The van der Waals surface area contributed by atoms with Crippen molar-refractivity contribution < 1.29 is 14.2 Å². The van der Waals surface area contributed by atoms with Crippen molar-refractivity contribution in [3.63, 3.8) is 0 Å². The van der Waals surface area contributed by atoms with Gasteiger partial charge in [-0.15, -0.1) is 0 Å². The summed E-state index contributed by atoms with van der Waals surface area (Å²) >= 11 is 0. The molecule has 0 aliphatic rings. The highest BCUT2D eigenvalue weighted by Crippen LogP contribution is 2.17. The molecule has 3 nitrogen and oxygen atoms in total. The average Bonchev–Trinajstić information content (AvgIpc) is 2.33. The zero-order chi connectivity index (χ0) is 13.5. The highest BCUT2D eigenvalue weighted by atomic mass is 19.1. The molecular weight excluding hydrogens is 233 g/mol. The van der Waals surface area contributed by atoms with Crippen LogP contribution < -0.4 is 10.1 Å². The van der Waals surface area contributed by atoms with Gasteiger partial charge in [0.05, 0.1) is 6.10 Å². The Morgan fingerprint density at radius 2 is 2.06 bits per heavy atom. The number of aliphatic hydroxyl groups is 1. The lowest BCUT2D eigenvalue weighted by Gasteiger charge is -2.13. The summed E-state index contributed by atoms with van der Waals surface area (Å²) in [4.78, 5) is 0. The molecule has 2 N–H and O–H groups in total. The van der Waals surface area contributed by atoms with E-state index in [1.54, 1.807) is 6.07 Å². The van der Waals surface area contributed by atoms with E-state index in [9.17, 15) is 9.50 Å². The number of nitrogens with one attached hydrogen (secondary N) is 1. The fourth-order valence-corrected chi connectivity index (χ4v) is 1.44. The number of aliphatic hydroxyl groups excluding tert-OH is 1. The molecule has 1 aromatic carbocycles. The molecule has 0 spiro atoms. The zero-order valence-corrected chi connectivity index (χ0v) is 11.2. The van der Waals surface area contributed by atoms with Gasteiger partial charge in [0.25, 0.3) is 0 Å². The van der Waals surface area contributed by atoms with Crippen LogP contribution in [0.3, 0.4) is 0 Å². The molecule has 102 valence electrons. The van der Waals surface area contributed by atoms with E-state index >= 15 is 0 Å². The predicted octanol–water partition coefficient (Wildman–Crippen LogP) is 2.47. The van der Waals surface area contributed by atoms with Gasteiger partial charge in [-0.3, -0.25) is 0 Å². The maximum atomic E-state index is 13.4. The summed E-state index contributed by atoms with van der Waals surface area (Å²) in [6.07, 6.45) is 0.113. The van der Waals surface area contributed by atoms with E-state index in [2.05, 4.69) is 5.32 Å². The molecule has 18 heavy (non-hydrogen) atoms. The Bertz CT molecular complexity index is 369. The Labute approximate surface area is 108 Å². The van der Waals surface area contributed by atoms with Crippen LogP contribution in [0.15, 0.2) is 18.2 Å².